The first-order chi connectivity index (χ1) is 14.2. The van der Waals surface area contributed by atoms with Crippen LogP contribution < -0.4 is 9.62 Å². The second kappa shape index (κ2) is 9.05. The quantitative estimate of drug-likeness (QED) is 0.483. The fraction of sp³-hybridized carbons (Fsp3) is 0.409. The van der Waals surface area contributed by atoms with E-state index in [0.717, 1.165) is 10.4 Å². The lowest BCUT2D eigenvalue weighted by atomic mass is 9.82. The van der Waals surface area contributed by atoms with Crippen LogP contribution >= 0.6 is 0 Å². The van der Waals surface area contributed by atoms with Gasteiger partial charge in [0.1, 0.15) is 6.54 Å². The molecule has 168 valence electrons. The Morgan fingerprint density at radius 2 is 1.65 bits per heavy atom. The number of hydrogen-bond donors (Lipinski definition) is 1. The maximum absolute atomic E-state index is 13.3. The van der Waals surface area contributed by atoms with E-state index in [1.807, 2.05) is 13.8 Å². The van der Waals surface area contributed by atoms with Gasteiger partial charge in [-0.3, -0.25) is 19.2 Å². The van der Waals surface area contributed by atoms with E-state index in [1.165, 1.54) is 30.3 Å². The zero-order valence-corrected chi connectivity index (χ0v) is 19.3. The van der Waals surface area contributed by atoms with Crippen LogP contribution in [0.1, 0.15) is 41.0 Å². The molecule has 9 heteroatoms. The van der Waals surface area contributed by atoms with Crippen molar-refractivity contribution in [2.45, 2.75) is 51.5 Å². The van der Waals surface area contributed by atoms with Crippen molar-refractivity contribution in [3.05, 3.63) is 64.7 Å². The summed E-state index contributed by atoms with van der Waals surface area (Å²) < 4.78 is 27.5. The summed E-state index contributed by atoms with van der Waals surface area (Å²) >= 11 is 0. The number of benzene rings is 2. The van der Waals surface area contributed by atoms with E-state index in [2.05, 4.69) is 26.1 Å². The predicted molar refractivity (Wildman–Crippen MR) is 120 cm³/mol. The summed E-state index contributed by atoms with van der Waals surface area (Å²) in [4.78, 5) is 23.5. The molecule has 2 rings (SSSR count). The van der Waals surface area contributed by atoms with Crippen LogP contribution in [0.2, 0.25) is 0 Å². The summed E-state index contributed by atoms with van der Waals surface area (Å²) in [6, 6.07) is 12.9. The molecule has 0 heterocycles. The minimum Gasteiger partial charge on any atom is -0.350 e. The first-order valence-corrected chi connectivity index (χ1v) is 11.3. The first-order valence-electron chi connectivity index (χ1n) is 9.85. The topological polar surface area (TPSA) is 110 Å². The van der Waals surface area contributed by atoms with Crippen LogP contribution in [-0.2, 0) is 14.8 Å². The number of anilines is 1. The molecule has 0 saturated carbocycles. The SMILES string of the molecule is CC(C)(C)CC(C)(C)NC(=O)CN(c1cccc([N+](=O)[O-])c1)S(=O)(=O)c1ccccc1. The Balaban J connectivity index is 2.43. The number of nitro groups is 1. The van der Waals surface area contributed by atoms with Crippen LogP contribution in [0.25, 0.3) is 0 Å². The van der Waals surface area contributed by atoms with Crippen LogP contribution in [0.15, 0.2) is 59.5 Å². The Bertz CT molecular complexity index is 1040. The van der Waals surface area contributed by atoms with Crippen molar-refractivity contribution >= 4 is 27.3 Å². The van der Waals surface area contributed by atoms with E-state index in [0.29, 0.717) is 6.42 Å². The molecule has 2 aromatic rings. The average Bonchev–Trinajstić information content (AvgIpc) is 2.64. The molecule has 0 aliphatic rings. The number of non-ortho nitro benzene ring substituents is 1. The largest absolute Gasteiger partial charge is 0.350 e. The lowest BCUT2D eigenvalue weighted by molar-refractivity contribution is -0.384. The number of nitrogens with one attached hydrogen (secondary N) is 1. The van der Waals surface area contributed by atoms with Gasteiger partial charge in [0.15, 0.2) is 0 Å². The monoisotopic (exact) mass is 447 g/mol. The molecule has 0 atom stereocenters. The molecular formula is C22H29N3O5S. The van der Waals surface area contributed by atoms with E-state index >= 15 is 0 Å². The number of rotatable bonds is 8. The van der Waals surface area contributed by atoms with Gasteiger partial charge in [0.05, 0.1) is 15.5 Å². The zero-order chi connectivity index (χ0) is 23.4. The van der Waals surface area contributed by atoms with Gasteiger partial charge in [0.2, 0.25) is 5.91 Å². The molecule has 1 N–H and O–H groups in total. The standard InChI is InChI=1S/C22H29N3O5S/c1-21(2,3)16-22(4,5)23-20(26)15-24(17-10-9-11-18(14-17)25(27)28)31(29,30)19-12-7-6-8-13-19/h6-14H,15-16H2,1-5H3,(H,23,26). The molecule has 0 radical (unpaired) electrons. The third kappa shape index (κ3) is 6.78. The van der Waals surface area contributed by atoms with Gasteiger partial charge in [-0.1, -0.05) is 45.0 Å². The van der Waals surface area contributed by atoms with E-state index in [1.54, 1.807) is 18.2 Å². The van der Waals surface area contributed by atoms with Crippen LogP contribution in [0.5, 0.6) is 0 Å². The Kier molecular flexibility index (Phi) is 7.10. The highest BCUT2D eigenvalue weighted by Gasteiger charge is 2.31. The van der Waals surface area contributed by atoms with E-state index in [9.17, 15) is 23.3 Å². The minimum atomic E-state index is -4.13. The number of sulfonamides is 1. The van der Waals surface area contributed by atoms with E-state index < -0.39 is 32.9 Å². The van der Waals surface area contributed by atoms with Crippen molar-refractivity contribution in [2.24, 2.45) is 5.41 Å². The molecule has 8 nitrogen and oxygen atoms in total. The number of carbonyl (C=O) groups is 1. The molecule has 2 aromatic carbocycles. The smallest absolute Gasteiger partial charge is 0.271 e. The van der Waals surface area contributed by atoms with Crippen molar-refractivity contribution in [1.29, 1.82) is 0 Å². The maximum Gasteiger partial charge on any atom is 0.271 e. The van der Waals surface area contributed by atoms with Crippen LogP contribution in [-0.4, -0.2) is 31.3 Å². The van der Waals surface area contributed by atoms with Gasteiger partial charge < -0.3 is 5.32 Å². The van der Waals surface area contributed by atoms with Gasteiger partial charge in [-0.05, 0) is 43.9 Å². The van der Waals surface area contributed by atoms with Gasteiger partial charge in [-0.25, -0.2) is 8.42 Å². The highest BCUT2D eigenvalue weighted by atomic mass is 32.2. The number of carbonyl (C=O) groups excluding carboxylic acids is 1. The Morgan fingerprint density at radius 3 is 2.19 bits per heavy atom. The summed E-state index contributed by atoms with van der Waals surface area (Å²) in [5, 5.41) is 14.1. The van der Waals surface area contributed by atoms with Crippen molar-refractivity contribution in [1.82, 2.24) is 5.32 Å². The summed E-state index contributed by atoms with van der Waals surface area (Å²) in [5.41, 5.74) is -0.839. The number of hydrogen-bond acceptors (Lipinski definition) is 5. The van der Waals surface area contributed by atoms with Crippen molar-refractivity contribution in [3.63, 3.8) is 0 Å². The summed E-state index contributed by atoms with van der Waals surface area (Å²) in [6.07, 6.45) is 0.675. The van der Waals surface area contributed by atoms with Crippen molar-refractivity contribution in [3.8, 4) is 0 Å². The average molecular weight is 448 g/mol. The number of nitrogens with zero attached hydrogens (tertiary/aromatic N) is 2. The Labute approximate surface area is 183 Å². The van der Waals surface area contributed by atoms with Gasteiger partial charge in [-0.2, -0.15) is 0 Å². The Hall–Kier alpha value is -2.94. The molecule has 0 unspecified atom stereocenters. The lowest BCUT2D eigenvalue weighted by Crippen LogP contribution is -2.50. The molecule has 0 aliphatic heterocycles. The zero-order valence-electron chi connectivity index (χ0n) is 18.5. The second-order valence-corrected chi connectivity index (χ2v) is 11.1. The molecule has 0 spiro atoms. The predicted octanol–water partition coefficient (Wildman–Crippen LogP) is 4.12. The highest BCUT2D eigenvalue weighted by Crippen LogP contribution is 2.29. The molecule has 0 aromatic heterocycles. The molecule has 0 saturated heterocycles. The summed E-state index contributed by atoms with van der Waals surface area (Å²) in [5.74, 6) is -0.500. The Morgan fingerprint density at radius 1 is 1.03 bits per heavy atom. The molecule has 31 heavy (non-hydrogen) atoms. The van der Waals surface area contributed by atoms with Crippen molar-refractivity contribution in [2.75, 3.05) is 10.8 Å². The number of amides is 1. The van der Waals surface area contributed by atoms with E-state index in [-0.39, 0.29) is 21.7 Å². The third-order valence-corrected chi connectivity index (χ3v) is 6.19. The molecule has 1 amide bonds. The summed E-state index contributed by atoms with van der Waals surface area (Å²) in [6.45, 7) is 9.40. The van der Waals surface area contributed by atoms with Gasteiger partial charge in [0, 0.05) is 17.7 Å². The third-order valence-electron chi connectivity index (χ3n) is 4.40. The second-order valence-electron chi connectivity index (χ2n) is 9.27. The lowest BCUT2D eigenvalue weighted by Gasteiger charge is -2.34. The fourth-order valence-corrected chi connectivity index (χ4v) is 5.15. The molecule has 0 aliphatic carbocycles. The van der Waals surface area contributed by atoms with Crippen LogP contribution in [0.4, 0.5) is 11.4 Å². The van der Waals surface area contributed by atoms with Gasteiger partial charge in [0.25, 0.3) is 15.7 Å². The van der Waals surface area contributed by atoms with Crippen LogP contribution in [0, 0.1) is 15.5 Å². The van der Waals surface area contributed by atoms with Crippen molar-refractivity contribution < 1.29 is 18.1 Å². The highest BCUT2D eigenvalue weighted by molar-refractivity contribution is 7.92. The van der Waals surface area contributed by atoms with Gasteiger partial charge >= 0.3 is 0 Å². The molecule has 0 fully saturated rings. The normalized spacial score (nSPS) is 12.3. The fourth-order valence-electron chi connectivity index (χ4n) is 3.71. The first kappa shape index (κ1) is 24.3. The molecular weight excluding hydrogens is 418 g/mol. The summed E-state index contributed by atoms with van der Waals surface area (Å²) in [7, 11) is -4.13. The van der Waals surface area contributed by atoms with Gasteiger partial charge in [-0.15, -0.1) is 0 Å². The maximum atomic E-state index is 13.3. The molecule has 0 bridgehead atoms. The van der Waals surface area contributed by atoms with Crippen LogP contribution in [0.3, 0.4) is 0 Å². The van der Waals surface area contributed by atoms with E-state index in [4.69, 9.17) is 0 Å². The number of nitro benzene ring substituents is 1. The minimum absolute atomic E-state index is 0.0109.